The van der Waals surface area contributed by atoms with E-state index >= 15 is 0 Å². The molecule has 1 atom stereocenters. The maximum atomic E-state index is 12.5. The van der Waals surface area contributed by atoms with Crippen molar-refractivity contribution in [2.45, 2.75) is 271 Å². The van der Waals surface area contributed by atoms with Crippen LogP contribution in [0.3, 0.4) is 0 Å². The second-order valence-corrected chi connectivity index (χ2v) is 18.5. The van der Waals surface area contributed by atoms with Gasteiger partial charge in [0, 0.05) is 12.8 Å². The van der Waals surface area contributed by atoms with Gasteiger partial charge >= 0.3 is 19.8 Å². The summed E-state index contributed by atoms with van der Waals surface area (Å²) in [6.45, 7) is 6.09. The molecular weight excluding hydrogens is 723 g/mol. The first kappa shape index (κ1) is 55.0. The Hall–Kier alpha value is -0.950. The van der Waals surface area contributed by atoms with E-state index in [0.717, 1.165) is 38.0 Å². The van der Waals surface area contributed by atoms with Crippen molar-refractivity contribution in [3.05, 3.63) is 0 Å². The number of phosphoric acid groups is 1. The molecule has 0 aliphatic heterocycles. The lowest BCUT2D eigenvalue weighted by molar-refractivity contribution is -0.161. The topological polar surface area (TPSA) is 119 Å². The van der Waals surface area contributed by atoms with Crippen LogP contribution in [0.4, 0.5) is 0 Å². The normalized spacial score (nSPS) is 12.4. The van der Waals surface area contributed by atoms with Gasteiger partial charge in [0.05, 0.1) is 6.61 Å². The third-order valence-electron chi connectivity index (χ3n) is 11.1. The van der Waals surface area contributed by atoms with Crippen LogP contribution in [0.1, 0.15) is 265 Å². The molecule has 2 N–H and O–H groups in total. The zero-order chi connectivity index (χ0) is 41.2. The first-order valence-electron chi connectivity index (χ1n) is 24.2. The van der Waals surface area contributed by atoms with E-state index in [1.807, 2.05) is 0 Å². The lowest BCUT2D eigenvalue weighted by atomic mass is 10.0. The van der Waals surface area contributed by atoms with Crippen LogP contribution in [0, 0.1) is 5.92 Å². The van der Waals surface area contributed by atoms with Crippen LogP contribution >= 0.6 is 7.82 Å². The molecule has 8 nitrogen and oxygen atoms in total. The van der Waals surface area contributed by atoms with Crippen molar-refractivity contribution in [3.63, 3.8) is 0 Å². The number of hydrogen-bond acceptors (Lipinski definition) is 6. The molecule has 0 saturated heterocycles. The van der Waals surface area contributed by atoms with E-state index < -0.39 is 32.5 Å². The Kier molecular flexibility index (Phi) is 41.5. The SMILES string of the molecule is CCCCCCCCCCCCCCCCCCCCCC(=O)O[C@H](COC(=O)CCCCCCCCCCCCCCCCCCC(C)C)COP(=O)(O)O. The number of rotatable bonds is 45. The number of ether oxygens (including phenoxy) is 2. The molecule has 0 rings (SSSR count). The fourth-order valence-corrected chi connectivity index (χ4v) is 7.80. The standard InChI is InChI=1S/C47H93O8P/c1-4-5-6-7-8-9-10-11-12-13-14-15-20-23-26-29-32-35-38-41-47(49)55-45(43-54-56(50,51)52)42-53-46(48)40-37-34-31-28-25-22-19-17-16-18-21-24-27-30-33-36-39-44(2)3/h44-45H,4-43H2,1-3H3,(H2,50,51,52)/t45-/m1/s1. The van der Waals surface area contributed by atoms with Crippen molar-refractivity contribution in [1.82, 2.24) is 0 Å². The van der Waals surface area contributed by atoms with E-state index in [-0.39, 0.29) is 19.4 Å². The van der Waals surface area contributed by atoms with Gasteiger partial charge in [-0.15, -0.1) is 0 Å². The number of esters is 2. The fraction of sp³-hybridized carbons (Fsp3) is 0.957. The molecule has 0 bridgehead atoms. The lowest BCUT2D eigenvalue weighted by Crippen LogP contribution is -2.29. The summed E-state index contributed by atoms with van der Waals surface area (Å²) in [5.41, 5.74) is 0. The molecule has 0 saturated carbocycles. The van der Waals surface area contributed by atoms with Crippen molar-refractivity contribution < 1.29 is 37.9 Å². The van der Waals surface area contributed by atoms with Gasteiger partial charge in [0.15, 0.2) is 6.10 Å². The predicted octanol–water partition coefficient (Wildman–Crippen LogP) is 15.1. The summed E-state index contributed by atoms with van der Waals surface area (Å²) < 4.78 is 26.5. The molecule has 9 heteroatoms. The molecule has 56 heavy (non-hydrogen) atoms. The van der Waals surface area contributed by atoms with Crippen molar-refractivity contribution in [2.24, 2.45) is 5.92 Å². The molecule has 0 aliphatic rings. The largest absolute Gasteiger partial charge is 0.469 e. The van der Waals surface area contributed by atoms with Crippen molar-refractivity contribution in [1.29, 1.82) is 0 Å². The summed E-state index contributed by atoms with van der Waals surface area (Å²) in [6.07, 6.45) is 45.5. The first-order chi connectivity index (χ1) is 27.1. The number of carbonyl (C=O) groups excluding carboxylic acids is 2. The van der Waals surface area contributed by atoms with Crippen LogP contribution in [0.25, 0.3) is 0 Å². The van der Waals surface area contributed by atoms with Gasteiger partial charge in [0.1, 0.15) is 6.61 Å². The minimum absolute atomic E-state index is 0.220. The van der Waals surface area contributed by atoms with Gasteiger partial charge in [0.2, 0.25) is 0 Å². The van der Waals surface area contributed by atoms with E-state index in [9.17, 15) is 14.2 Å². The Labute approximate surface area is 346 Å². The summed E-state index contributed by atoms with van der Waals surface area (Å²) in [5.74, 6) is -0.0205. The molecule has 0 aromatic carbocycles. The molecule has 0 heterocycles. The second-order valence-electron chi connectivity index (χ2n) is 17.3. The number of unbranched alkanes of at least 4 members (excludes halogenated alkanes) is 33. The van der Waals surface area contributed by atoms with Crippen LogP contribution < -0.4 is 0 Å². The molecule has 0 spiro atoms. The third kappa shape index (κ3) is 45.7. The predicted molar refractivity (Wildman–Crippen MR) is 235 cm³/mol. The second kappa shape index (κ2) is 42.2. The van der Waals surface area contributed by atoms with Gasteiger partial charge in [-0.3, -0.25) is 14.1 Å². The quantitative estimate of drug-likeness (QED) is 0.0354. The summed E-state index contributed by atoms with van der Waals surface area (Å²) in [4.78, 5) is 43.0. The Bertz CT molecular complexity index is 891. The highest BCUT2D eigenvalue weighted by Gasteiger charge is 2.23. The Morgan fingerprint density at radius 2 is 0.750 bits per heavy atom. The van der Waals surface area contributed by atoms with E-state index in [1.165, 1.54) is 193 Å². The molecule has 334 valence electrons. The van der Waals surface area contributed by atoms with Crippen LogP contribution in [0.2, 0.25) is 0 Å². The molecule has 0 fully saturated rings. The summed E-state index contributed by atoms with van der Waals surface area (Å²) in [6, 6.07) is 0. The highest BCUT2D eigenvalue weighted by molar-refractivity contribution is 7.46. The average Bonchev–Trinajstić information content (AvgIpc) is 3.15. The highest BCUT2D eigenvalue weighted by Crippen LogP contribution is 2.36. The Morgan fingerprint density at radius 3 is 1.07 bits per heavy atom. The van der Waals surface area contributed by atoms with Gasteiger partial charge in [0.25, 0.3) is 0 Å². The van der Waals surface area contributed by atoms with E-state index in [2.05, 4.69) is 25.3 Å². The van der Waals surface area contributed by atoms with Crippen molar-refractivity contribution in [2.75, 3.05) is 13.2 Å². The van der Waals surface area contributed by atoms with Gasteiger partial charge < -0.3 is 19.3 Å². The molecule has 0 aromatic rings. The van der Waals surface area contributed by atoms with Crippen LogP contribution in [-0.2, 0) is 28.2 Å². The molecule has 0 radical (unpaired) electrons. The minimum atomic E-state index is -4.75. The summed E-state index contributed by atoms with van der Waals surface area (Å²) >= 11 is 0. The average molecular weight is 817 g/mol. The fourth-order valence-electron chi connectivity index (χ4n) is 7.44. The summed E-state index contributed by atoms with van der Waals surface area (Å²) in [7, 11) is -4.75. The molecule has 0 aromatic heterocycles. The van der Waals surface area contributed by atoms with E-state index in [4.69, 9.17) is 19.3 Å². The first-order valence-corrected chi connectivity index (χ1v) is 25.7. The van der Waals surface area contributed by atoms with E-state index in [0.29, 0.717) is 6.42 Å². The van der Waals surface area contributed by atoms with Crippen LogP contribution in [0.15, 0.2) is 0 Å². The van der Waals surface area contributed by atoms with Gasteiger partial charge in [-0.05, 0) is 18.8 Å². The van der Waals surface area contributed by atoms with Gasteiger partial charge in [-0.1, -0.05) is 239 Å². The highest BCUT2D eigenvalue weighted by atomic mass is 31.2. The Morgan fingerprint density at radius 1 is 0.446 bits per heavy atom. The smallest absolute Gasteiger partial charge is 0.462 e. The third-order valence-corrected chi connectivity index (χ3v) is 11.5. The van der Waals surface area contributed by atoms with E-state index in [1.54, 1.807) is 0 Å². The maximum Gasteiger partial charge on any atom is 0.469 e. The van der Waals surface area contributed by atoms with Gasteiger partial charge in [-0.25, -0.2) is 4.57 Å². The van der Waals surface area contributed by atoms with Crippen molar-refractivity contribution in [3.8, 4) is 0 Å². The van der Waals surface area contributed by atoms with Gasteiger partial charge in [-0.2, -0.15) is 0 Å². The van der Waals surface area contributed by atoms with Crippen molar-refractivity contribution >= 4 is 19.8 Å². The molecular formula is C47H93O8P. The molecule has 0 unspecified atom stereocenters. The molecule has 0 amide bonds. The summed E-state index contributed by atoms with van der Waals surface area (Å²) in [5, 5.41) is 0. The zero-order valence-electron chi connectivity index (χ0n) is 37.2. The van der Waals surface area contributed by atoms with Crippen LogP contribution in [-0.4, -0.2) is 41.0 Å². The van der Waals surface area contributed by atoms with Crippen LogP contribution in [0.5, 0.6) is 0 Å². The number of hydrogen-bond donors (Lipinski definition) is 2. The number of carbonyl (C=O) groups is 2. The zero-order valence-corrected chi connectivity index (χ0v) is 38.1. The molecule has 0 aliphatic carbocycles. The minimum Gasteiger partial charge on any atom is -0.462 e. The Balaban J connectivity index is 3.79. The lowest BCUT2D eigenvalue weighted by Gasteiger charge is -2.18. The maximum absolute atomic E-state index is 12.5. The number of phosphoric ester groups is 1. The monoisotopic (exact) mass is 817 g/mol.